The fourth-order valence-corrected chi connectivity index (χ4v) is 4.68. The number of rotatable bonds is 5. The summed E-state index contributed by atoms with van der Waals surface area (Å²) in [6.07, 6.45) is 3.95. The molecule has 1 fully saturated rings. The van der Waals surface area contributed by atoms with Crippen LogP contribution in [0.25, 0.3) is 11.0 Å². The first-order chi connectivity index (χ1) is 15.5. The Morgan fingerprint density at radius 1 is 1.19 bits per heavy atom. The van der Waals surface area contributed by atoms with Crippen molar-refractivity contribution in [2.24, 2.45) is 7.05 Å². The van der Waals surface area contributed by atoms with Gasteiger partial charge >= 0.3 is 5.69 Å². The van der Waals surface area contributed by atoms with Gasteiger partial charge < -0.3 is 9.32 Å². The molecule has 2 aromatic heterocycles. The van der Waals surface area contributed by atoms with Crippen LogP contribution in [0.1, 0.15) is 36.1 Å². The van der Waals surface area contributed by atoms with Crippen molar-refractivity contribution in [1.29, 1.82) is 0 Å². The minimum atomic E-state index is -0.221. The summed E-state index contributed by atoms with van der Waals surface area (Å²) in [6.45, 7) is 0.613. The minimum absolute atomic E-state index is 0.00718. The van der Waals surface area contributed by atoms with Crippen LogP contribution in [0.4, 0.5) is 0 Å². The number of oxazole rings is 1. The Balaban J connectivity index is 1.35. The number of amides is 1. The topological polar surface area (TPSA) is 73.3 Å². The fourth-order valence-electron chi connectivity index (χ4n) is 4.47. The maximum Gasteiger partial charge on any atom is 0.329 e. The van der Waals surface area contributed by atoms with Gasteiger partial charge in [-0.05, 0) is 42.7 Å². The van der Waals surface area contributed by atoms with Crippen molar-refractivity contribution in [3.63, 3.8) is 0 Å². The van der Waals surface area contributed by atoms with Crippen molar-refractivity contribution in [3.8, 4) is 0 Å². The van der Waals surface area contributed by atoms with Crippen molar-refractivity contribution in [2.75, 3.05) is 6.54 Å². The summed E-state index contributed by atoms with van der Waals surface area (Å²) >= 11 is 6.07. The number of fused-ring (bicyclic) bond motifs is 1. The van der Waals surface area contributed by atoms with Gasteiger partial charge in [-0.2, -0.15) is 0 Å². The first-order valence-electron chi connectivity index (χ1n) is 10.6. The molecule has 0 saturated carbocycles. The van der Waals surface area contributed by atoms with Gasteiger partial charge in [0.05, 0.1) is 17.2 Å². The number of carbonyl (C=O) groups is 1. The highest BCUT2D eigenvalue weighted by molar-refractivity contribution is 6.30. The molecule has 5 rings (SSSR count). The Morgan fingerprint density at radius 3 is 2.81 bits per heavy atom. The van der Waals surface area contributed by atoms with Crippen molar-refractivity contribution in [2.45, 2.75) is 31.8 Å². The second kappa shape index (κ2) is 8.31. The minimum Gasteiger partial charge on any atom is -0.443 e. The van der Waals surface area contributed by atoms with Gasteiger partial charge in [-0.3, -0.25) is 13.9 Å². The summed E-state index contributed by atoms with van der Waals surface area (Å²) in [7, 11) is 1.72. The number of aromatic nitrogens is 3. The highest BCUT2D eigenvalue weighted by Gasteiger charge is 2.33. The van der Waals surface area contributed by atoms with Gasteiger partial charge in [0.15, 0.2) is 0 Å². The molecular formula is C24H23ClN4O3. The Hall–Kier alpha value is -3.32. The van der Waals surface area contributed by atoms with E-state index in [-0.39, 0.29) is 24.2 Å². The Labute approximate surface area is 189 Å². The standard InChI is InChI=1S/C24H23ClN4O3/c1-27-19-8-2-3-9-20(19)29(24(27)31)15-22(30)28-11-5-10-21(28)23-26-14-18(32-23)13-16-6-4-7-17(25)12-16/h2-4,6-9,12,14,21H,5,10-11,13,15H2,1H3/t21-/m0/s1. The SMILES string of the molecule is Cn1c(=O)n(CC(=O)N2CCC[C@H]2c2ncc(Cc3cccc(Cl)c3)o2)c2ccccc21. The molecule has 32 heavy (non-hydrogen) atoms. The molecule has 4 aromatic rings. The normalized spacial score (nSPS) is 16.2. The molecule has 1 aliphatic rings. The number of imidazole rings is 1. The number of likely N-dealkylation sites (tertiary alicyclic amines) is 1. The number of hydrogen-bond acceptors (Lipinski definition) is 4. The van der Waals surface area contributed by atoms with Crippen LogP contribution < -0.4 is 5.69 Å². The van der Waals surface area contributed by atoms with Crippen molar-refractivity contribution in [3.05, 3.63) is 87.4 Å². The van der Waals surface area contributed by atoms with Crippen molar-refractivity contribution >= 4 is 28.5 Å². The van der Waals surface area contributed by atoms with E-state index >= 15 is 0 Å². The highest BCUT2D eigenvalue weighted by Crippen LogP contribution is 2.32. The van der Waals surface area contributed by atoms with E-state index in [0.29, 0.717) is 23.9 Å². The van der Waals surface area contributed by atoms with Gasteiger partial charge in [0.2, 0.25) is 11.8 Å². The number of aryl methyl sites for hydroxylation is 1. The molecule has 1 amide bonds. The average molecular weight is 451 g/mol. The molecule has 0 radical (unpaired) electrons. The molecule has 0 spiro atoms. The van der Waals surface area contributed by atoms with Gasteiger partial charge in [0, 0.05) is 25.0 Å². The predicted molar refractivity (Wildman–Crippen MR) is 122 cm³/mol. The van der Waals surface area contributed by atoms with Crippen molar-refractivity contribution < 1.29 is 9.21 Å². The van der Waals surface area contributed by atoms with E-state index < -0.39 is 0 Å². The number of para-hydroxylation sites is 2. The third kappa shape index (κ3) is 3.73. The molecule has 0 N–H and O–H groups in total. The van der Waals surface area contributed by atoms with Crippen LogP contribution in [0.2, 0.25) is 5.02 Å². The lowest BCUT2D eigenvalue weighted by molar-refractivity contribution is -0.133. The summed E-state index contributed by atoms with van der Waals surface area (Å²) < 4.78 is 9.12. The lowest BCUT2D eigenvalue weighted by atomic mass is 10.1. The van der Waals surface area contributed by atoms with E-state index in [1.54, 1.807) is 22.7 Å². The first kappa shape index (κ1) is 20.6. The van der Waals surface area contributed by atoms with Crippen LogP contribution in [0, 0.1) is 0 Å². The second-order valence-electron chi connectivity index (χ2n) is 8.13. The van der Waals surface area contributed by atoms with Gasteiger partial charge in [0.25, 0.3) is 0 Å². The van der Waals surface area contributed by atoms with Crippen LogP contribution in [0.15, 0.2) is 63.9 Å². The molecule has 1 saturated heterocycles. The summed E-state index contributed by atoms with van der Waals surface area (Å²) in [6, 6.07) is 14.9. The van der Waals surface area contributed by atoms with Crippen molar-refractivity contribution in [1.82, 2.24) is 19.0 Å². The smallest absolute Gasteiger partial charge is 0.329 e. The highest BCUT2D eigenvalue weighted by atomic mass is 35.5. The monoisotopic (exact) mass is 450 g/mol. The molecule has 2 aromatic carbocycles. The van der Waals surface area contributed by atoms with Gasteiger partial charge in [0.1, 0.15) is 18.3 Å². The predicted octanol–water partition coefficient (Wildman–Crippen LogP) is 3.94. The van der Waals surface area contributed by atoms with Crippen LogP contribution in [-0.4, -0.2) is 31.5 Å². The van der Waals surface area contributed by atoms with Gasteiger partial charge in [-0.1, -0.05) is 35.9 Å². The van der Waals surface area contributed by atoms with Crippen LogP contribution in [0.5, 0.6) is 0 Å². The van der Waals surface area contributed by atoms with E-state index in [9.17, 15) is 9.59 Å². The Bertz CT molecular complexity index is 1350. The molecule has 3 heterocycles. The number of halogens is 1. The van der Waals surface area contributed by atoms with Crippen LogP contribution in [-0.2, 0) is 24.8 Å². The van der Waals surface area contributed by atoms with Crippen LogP contribution >= 0.6 is 11.6 Å². The third-order valence-corrected chi connectivity index (χ3v) is 6.28. The third-order valence-electron chi connectivity index (χ3n) is 6.04. The molecule has 0 unspecified atom stereocenters. The summed E-state index contributed by atoms with van der Waals surface area (Å²) in [4.78, 5) is 32.2. The molecule has 7 nitrogen and oxygen atoms in total. The largest absolute Gasteiger partial charge is 0.443 e. The lowest BCUT2D eigenvalue weighted by Crippen LogP contribution is -2.36. The molecule has 164 valence electrons. The lowest BCUT2D eigenvalue weighted by Gasteiger charge is -2.22. The van der Waals surface area contributed by atoms with Gasteiger partial charge in [-0.15, -0.1) is 0 Å². The summed E-state index contributed by atoms with van der Waals surface area (Å²) in [5, 5.41) is 0.679. The molecule has 1 aliphatic heterocycles. The van der Waals surface area contributed by atoms with E-state index in [0.717, 1.165) is 35.2 Å². The van der Waals surface area contributed by atoms with E-state index in [2.05, 4.69) is 4.98 Å². The van der Waals surface area contributed by atoms with Crippen LogP contribution in [0.3, 0.4) is 0 Å². The number of nitrogens with zero attached hydrogens (tertiary/aromatic N) is 4. The summed E-state index contributed by atoms with van der Waals surface area (Å²) in [5.41, 5.74) is 2.40. The maximum absolute atomic E-state index is 13.2. The Kier molecular flexibility index (Phi) is 5.35. The summed E-state index contributed by atoms with van der Waals surface area (Å²) in [5.74, 6) is 1.16. The zero-order valence-electron chi connectivity index (χ0n) is 17.7. The van der Waals surface area contributed by atoms with Gasteiger partial charge in [-0.25, -0.2) is 9.78 Å². The van der Waals surface area contributed by atoms with E-state index in [4.69, 9.17) is 16.0 Å². The molecule has 8 heteroatoms. The molecule has 1 atom stereocenters. The second-order valence-corrected chi connectivity index (χ2v) is 8.57. The fraction of sp³-hybridized carbons (Fsp3) is 0.292. The molecule has 0 bridgehead atoms. The number of benzene rings is 2. The van der Waals surface area contributed by atoms with E-state index in [1.165, 1.54) is 4.57 Å². The first-order valence-corrected chi connectivity index (χ1v) is 11.0. The number of carbonyl (C=O) groups excluding carboxylic acids is 1. The van der Waals surface area contributed by atoms with E-state index in [1.807, 2.05) is 48.5 Å². The zero-order chi connectivity index (χ0) is 22.2. The Morgan fingerprint density at radius 2 is 2.00 bits per heavy atom. The number of hydrogen-bond donors (Lipinski definition) is 0. The quantitative estimate of drug-likeness (QED) is 0.461. The average Bonchev–Trinajstić information content (AvgIpc) is 3.50. The molecule has 0 aliphatic carbocycles. The zero-order valence-corrected chi connectivity index (χ0v) is 18.5. The maximum atomic E-state index is 13.2. The molecular weight excluding hydrogens is 428 g/mol.